The molecule has 0 fully saturated rings. The van der Waals surface area contributed by atoms with Crippen LogP contribution in [0.25, 0.3) is 0 Å². The van der Waals surface area contributed by atoms with Crippen molar-refractivity contribution in [3.63, 3.8) is 0 Å². The van der Waals surface area contributed by atoms with Crippen molar-refractivity contribution in [2.45, 2.75) is 20.4 Å². The highest BCUT2D eigenvalue weighted by atomic mass is 16.2. The molecule has 2 aromatic rings. The second-order valence-electron chi connectivity index (χ2n) is 4.22. The Hall–Kier alpha value is -2.24. The van der Waals surface area contributed by atoms with E-state index in [0.717, 1.165) is 17.2 Å². The van der Waals surface area contributed by atoms with E-state index in [4.69, 9.17) is 0 Å². The van der Waals surface area contributed by atoms with Crippen LogP contribution in [-0.2, 0) is 6.54 Å². The lowest BCUT2D eigenvalue weighted by Gasteiger charge is -2.14. The number of amides is 1. The third-order valence-corrected chi connectivity index (χ3v) is 2.49. The molecular formula is C12H15N5O. The molecule has 1 amide bonds. The zero-order valence-electron chi connectivity index (χ0n) is 10.6. The van der Waals surface area contributed by atoms with Crippen molar-refractivity contribution in [3.05, 3.63) is 41.5 Å². The predicted molar refractivity (Wildman–Crippen MR) is 65.9 cm³/mol. The number of nitrogens with zero attached hydrogens (tertiary/aromatic N) is 4. The number of hydrogen-bond donors (Lipinski definition) is 1. The van der Waals surface area contributed by atoms with E-state index in [1.165, 1.54) is 6.20 Å². The molecule has 1 N–H and O–H groups in total. The zero-order chi connectivity index (χ0) is 13.1. The Morgan fingerprint density at radius 2 is 2.00 bits per heavy atom. The highest BCUT2D eigenvalue weighted by Crippen LogP contribution is 2.04. The third-order valence-electron chi connectivity index (χ3n) is 2.49. The van der Waals surface area contributed by atoms with Gasteiger partial charge in [-0.05, 0) is 13.8 Å². The second-order valence-corrected chi connectivity index (χ2v) is 4.22. The van der Waals surface area contributed by atoms with Crippen LogP contribution in [0.15, 0.2) is 18.6 Å². The quantitative estimate of drug-likeness (QED) is 0.878. The minimum absolute atomic E-state index is 0.170. The summed E-state index contributed by atoms with van der Waals surface area (Å²) in [5.74, 6) is 0.583. The van der Waals surface area contributed by atoms with Gasteiger partial charge in [-0.3, -0.25) is 9.78 Å². The Labute approximate surface area is 105 Å². The average Bonchev–Trinajstić information content (AvgIpc) is 2.75. The first-order valence-electron chi connectivity index (χ1n) is 5.61. The molecule has 6 nitrogen and oxygen atoms in total. The Morgan fingerprint density at radius 3 is 2.56 bits per heavy atom. The van der Waals surface area contributed by atoms with Crippen LogP contribution in [0, 0.1) is 13.8 Å². The molecule has 0 radical (unpaired) electrons. The van der Waals surface area contributed by atoms with Crippen molar-refractivity contribution >= 4 is 5.91 Å². The number of aryl methyl sites for hydroxylation is 2. The highest BCUT2D eigenvalue weighted by molar-refractivity contribution is 5.91. The first kappa shape index (κ1) is 12.2. The standard InChI is InChI=1S/C12H15N5O/c1-8-4-14-10(6-13-8)12(18)17(3)7-11-15-5-9(2)16-11/h4-6H,7H2,1-3H3,(H,15,16). The summed E-state index contributed by atoms with van der Waals surface area (Å²) in [6, 6.07) is 0. The Kier molecular flexibility index (Phi) is 3.36. The van der Waals surface area contributed by atoms with Crippen LogP contribution < -0.4 is 0 Å². The van der Waals surface area contributed by atoms with Gasteiger partial charge in [0, 0.05) is 25.1 Å². The summed E-state index contributed by atoms with van der Waals surface area (Å²) in [5.41, 5.74) is 2.10. The molecular weight excluding hydrogens is 230 g/mol. The fourth-order valence-corrected chi connectivity index (χ4v) is 1.54. The molecule has 6 heteroatoms. The summed E-state index contributed by atoms with van der Waals surface area (Å²) < 4.78 is 0. The molecule has 2 rings (SSSR count). The van der Waals surface area contributed by atoms with Crippen molar-refractivity contribution in [2.75, 3.05) is 7.05 Å². The molecule has 0 unspecified atom stereocenters. The molecule has 0 bridgehead atoms. The van der Waals surface area contributed by atoms with E-state index in [2.05, 4.69) is 19.9 Å². The van der Waals surface area contributed by atoms with Gasteiger partial charge >= 0.3 is 0 Å². The van der Waals surface area contributed by atoms with Gasteiger partial charge in [-0.25, -0.2) is 9.97 Å². The number of imidazole rings is 1. The zero-order valence-corrected chi connectivity index (χ0v) is 10.6. The number of H-pyrrole nitrogens is 1. The van der Waals surface area contributed by atoms with E-state index in [1.54, 1.807) is 24.3 Å². The minimum Gasteiger partial charge on any atom is -0.345 e. The average molecular weight is 245 g/mol. The molecule has 0 aliphatic heterocycles. The van der Waals surface area contributed by atoms with E-state index < -0.39 is 0 Å². The maximum absolute atomic E-state index is 12.0. The first-order chi connectivity index (χ1) is 8.56. The molecule has 2 heterocycles. The van der Waals surface area contributed by atoms with E-state index in [-0.39, 0.29) is 5.91 Å². The monoisotopic (exact) mass is 245 g/mol. The molecule has 0 saturated heterocycles. The summed E-state index contributed by atoms with van der Waals surface area (Å²) in [7, 11) is 1.71. The van der Waals surface area contributed by atoms with Crippen LogP contribution in [0.3, 0.4) is 0 Å². The Bertz CT molecular complexity index is 546. The maximum atomic E-state index is 12.0. The van der Waals surface area contributed by atoms with Gasteiger partial charge in [-0.15, -0.1) is 0 Å². The molecule has 94 valence electrons. The number of carbonyl (C=O) groups is 1. The summed E-state index contributed by atoms with van der Waals surface area (Å²) >= 11 is 0. The smallest absolute Gasteiger partial charge is 0.274 e. The topological polar surface area (TPSA) is 74.8 Å². The van der Waals surface area contributed by atoms with Gasteiger partial charge in [0.05, 0.1) is 18.4 Å². The van der Waals surface area contributed by atoms with Crippen LogP contribution in [-0.4, -0.2) is 37.8 Å². The number of rotatable bonds is 3. The summed E-state index contributed by atoms with van der Waals surface area (Å²) in [4.78, 5) is 29.0. The number of hydrogen-bond acceptors (Lipinski definition) is 4. The molecule has 0 aromatic carbocycles. The molecule has 2 aromatic heterocycles. The van der Waals surface area contributed by atoms with Crippen LogP contribution in [0.5, 0.6) is 0 Å². The molecule has 18 heavy (non-hydrogen) atoms. The SMILES string of the molecule is Cc1cnc(C(=O)N(C)Cc2ncc(C)[nH]2)cn1. The number of nitrogens with one attached hydrogen (secondary N) is 1. The van der Waals surface area contributed by atoms with E-state index in [0.29, 0.717) is 12.2 Å². The van der Waals surface area contributed by atoms with Crippen molar-refractivity contribution in [1.82, 2.24) is 24.8 Å². The third kappa shape index (κ3) is 2.71. The normalized spacial score (nSPS) is 10.4. The van der Waals surface area contributed by atoms with Gasteiger partial charge in [0.1, 0.15) is 11.5 Å². The van der Waals surface area contributed by atoms with Crippen LogP contribution >= 0.6 is 0 Å². The molecule has 0 saturated carbocycles. The van der Waals surface area contributed by atoms with Crippen LogP contribution in [0.2, 0.25) is 0 Å². The van der Waals surface area contributed by atoms with Gasteiger partial charge in [-0.2, -0.15) is 0 Å². The first-order valence-corrected chi connectivity index (χ1v) is 5.61. The van der Waals surface area contributed by atoms with Crippen molar-refractivity contribution < 1.29 is 4.79 Å². The highest BCUT2D eigenvalue weighted by Gasteiger charge is 2.14. The lowest BCUT2D eigenvalue weighted by molar-refractivity contribution is 0.0775. The van der Waals surface area contributed by atoms with Crippen LogP contribution in [0.4, 0.5) is 0 Å². The van der Waals surface area contributed by atoms with Gasteiger partial charge in [0.15, 0.2) is 0 Å². The summed E-state index contributed by atoms with van der Waals surface area (Å²) in [6.07, 6.45) is 4.80. The van der Waals surface area contributed by atoms with Gasteiger partial charge < -0.3 is 9.88 Å². The molecule has 0 aliphatic rings. The maximum Gasteiger partial charge on any atom is 0.274 e. The van der Waals surface area contributed by atoms with Crippen molar-refractivity contribution in [2.24, 2.45) is 0 Å². The second kappa shape index (κ2) is 4.95. The Morgan fingerprint density at radius 1 is 1.22 bits per heavy atom. The van der Waals surface area contributed by atoms with Crippen molar-refractivity contribution in [3.8, 4) is 0 Å². The minimum atomic E-state index is -0.170. The number of carbonyl (C=O) groups excluding carboxylic acids is 1. The largest absolute Gasteiger partial charge is 0.345 e. The molecule has 0 spiro atoms. The van der Waals surface area contributed by atoms with E-state index in [1.807, 2.05) is 13.8 Å². The molecule has 0 atom stereocenters. The fourth-order valence-electron chi connectivity index (χ4n) is 1.54. The predicted octanol–water partition coefficient (Wildman–Crippen LogP) is 1.09. The number of aromatic amines is 1. The van der Waals surface area contributed by atoms with Gasteiger partial charge in [-0.1, -0.05) is 0 Å². The lowest BCUT2D eigenvalue weighted by Crippen LogP contribution is -2.27. The summed E-state index contributed by atoms with van der Waals surface area (Å²) in [5, 5.41) is 0. The lowest BCUT2D eigenvalue weighted by atomic mass is 10.3. The van der Waals surface area contributed by atoms with E-state index >= 15 is 0 Å². The Balaban J connectivity index is 2.07. The van der Waals surface area contributed by atoms with Crippen molar-refractivity contribution in [1.29, 1.82) is 0 Å². The van der Waals surface area contributed by atoms with Gasteiger partial charge in [0.25, 0.3) is 5.91 Å². The van der Waals surface area contributed by atoms with Gasteiger partial charge in [0.2, 0.25) is 0 Å². The van der Waals surface area contributed by atoms with E-state index in [9.17, 15) is 4.79 Å². The van der Waals surface area contributed by atoms with Crippen LogP contribution in [0.1, 0.15) is 27.7 Å². The summed E-state index contributed by atoms with van der Waals surface area (Å²) in [6.45, 7) is 4.17. The fraction of sp³-hybridized carbons (Fsp3) is 0.333. The molecule has 0 aliphatic carbocycles. The number of aromatic nitrogens is 4.